The second-order valence-electron chi connectivity index (χ2n) is 7.67. The molecule has 1 fully saturated rings. The van der Waals surface area contributed by atoms with Gasteiger partial charge in [0.05, 0.1) is 12.5 Å². The van der Waals surface area contributed by atoms with Crippen LogP contribution < -0.4 is 15.8 Å². The van der Waals surface area contributed by atoms with Crippen molar-refractivity contribution < 1.29 is 29.4 Å². The van der Waals surface area contributed by atoms with Crippen LogP contribution in [0.5, 0.6) is 5.75 Å². The van der Waals surface area contributed by atoms with E-state index in [0.29, 0.717) is 42.8 Å². The van der Waals surface area contributed by atoms with Crippen LogP contribution in [0.15, 0.2) is 53.7 Å². The molecule has 5 N–H and O–H groups in total. The number of aliphatic carboxylic acids is 1. The summed E-state index contributed by atoms with van der Waals surface area (Å²) < 4.78 is 5.70. The summed E-state index contributed by atoms with van der Waals surface area (Å²) in [4.78, 5) is 37.2. The first-order chi connectivity index (χ1) is 15.9. The van der Waals surface area contributed by atoms with Gasteiger partial charge in [-0.05, 0) is 54.8 Å². The number of nitrogens with two attached hydrogens (primary N) is 1. The summed E-state index contributed by atoms with van der Waals surface area (Å²) in [6, 6.07) is 13.6. The lowest BCUT2D eigenvalue weighted by Crippen LogP contribution is -2.45. The highest BCUT2D eigenvalue weighted by atomic mass is 16.5. The molecular weight excluding hydrogens is 428 g/mol. The van der Waals surface area contributed by atoms with Crippen molar-refractivity contribution in [2.45, 2.75) is 19.4 Å². The van der Waals surface area contributed by atoms with Gasteiger partial charge in [-0.25, -0.2) is 0 Å². The first-order valence-corrected chi connectivity index (χ1v) is 10.5. The van der Waals surface area contributed by atoms with Crippen LogP contribution in [-0.2, 0) is 16.2 Å². The number of amidine groups is 1. The van der Waals surface area contributed by atoms with Gasteiger partial charge in [-0.3, -0.25) is 14.4 Å². The monoisotopic (exact) mass is 454 g/mol. The number of hydrogen-bond acceptors (Lipinski definition) is 6. The third-order valence-electron chi connectivity index (χ3n) is 5.48. The molecule has 3 rings (SSSR count). The van der Waals surface area contributed by atoms with Crippen LogP contribution in [0.1, 0.15) is 34.3 Å². The highest BCUT2D eigenvalue weighted by molar-refractivity contribution is 5.97. The van der Waals surface area contributed by atoms with Crippen molar-refractivity contribution >= 4 is 23.6 Å². The number of benzene rings is 2. The molecule has 2 aromatic carbocycles. The van der Waals surface area contributed by atoms with Crippen LogP contribution in [0.4, 0.5) is 0 Å². The van der Waals surface area contributed by atoms with Crippen molar-refractivity contribution in [3.63, 3.8) is 0 Å². The number of piperidine rings is 1. The number of carboxylic acid groups (broad SMARTS) is 1. The highest BCUT2D eigenvalue weighted by Gasteiger charge is 2.26. The molecule has 33 heavy (non-hydrogen) atoms. The van der Waals surface area contributed by atoms with Crippen molar-refractivity contribution in [3.8, 4) is 5.75 Å². The molecule has 0 atom stereocenters. The van der Waals surface area contributed by atoms with Crippen LogP contribution in [-0.4, -0.2) is 58.5 Å². The molecule has 0 bridgehead atoms. The van der Waals surface area contributed by atoms with Gasteiger partial charge in [0.2, 0.25) is 5.91 Å². The van der Waals surface area contributed by atoms with Gasteiger partial charge in [0.25, 0.3) is 5.91 Å². The summed E-state index contributed by atoms with van der Waals surface area (Å²) in [5.74, 6) is -1.22. The fourth-order valence-corrected chi connectivity index (χ4v) is 3.44. The van der Waals surface area contributed by atoms with Gasteiger partial charge in [-0.2, -0.15) is 0 Å². The van der Waals surface area contributed by atoms with Crippen LogP contribution in [0.25, 0.3) is 0 Å². The summed E-state index contributed by atoms with van der Waals surface area (Å²) in [6.07, 6.45) is 0.849. The van der Waals surface area contributed by atoms with Crippen LogP contribution in [0, 0.1) is 5.92 Å². The van der Waals surface area contributed by atoms with E-state index in [2.05, 4.69) is 10.5 Å². The van der Waals surface area contributed by atoms with Crippen molar-refractivity contribution in [1.82, 2.24) is 10.2 Å². The molecular formula is C23H26N4O6. The number of oxime groups is 1. The lowest BCUT2D eigenvalue weighted by molar-refractivity contribution is -0.145. The topological polar surface area (TPSA) is 155 Å². The van der Waals surface area contributed by atoms with E-state index in [-0.39, 0.29) is 30.8 Å². The van der Waals surface area contributed by atoms with E-state index in [1.165, 1.54) is 0 Å². The van der Waals surface area contributed by atoms with Gasteiger partial charge in [0, 0.05) is 24.2 Å². The summed E-state index contributed by atoms with van der Waals surface area (Å²) in [5.41, 5.74) is 7.36. The fourth-order valence-electron chi connectivity index (χ4n) is 3.44. The fraction of sp³-hybridized carbons (Fsp3) is 0.304. The van der Waals surface area contributed by atoms with Gasteiger partial charge in [-0.15, -0.1) is 0 Å². The Morgan fingerprint density at radius 1 is 1.03 bits per heavy atom. The van der Waals surface area contributed by atoms with E-state index >= 15 is 0 Å². The Morgan fingerprint density at radius 2 is 1.64 bits per heavy atom. The van der Waals surface area contributed by atoms with E-state index in [1.807, 2.05) is 0 Å². The zero-order chi connectivity index (χ0) is 23.8. The van der Waals surface area contributed by atoms with Gasteiger partial charge in [-0.1, -0.05) is 17.3 Å². The minimum absolute atomic E-state index is 0.0138. The Balaban J connectivity index is 1.44. The highest BCUT2D eigenvalue weighted by Crippen LogP contribution is 2.17. The lowest BCUT2D eigenvalue weighted by atomic mass is 9.97. The SMILES string of the molecule is NC(=NO)c1ccc(OCc2ccc(C(=O)NCC(=O)N3CCC(C(=O)O)CC3)cc2)cc1. The number of nitrogens with one attached hydrogen (secondary N) is 1. The smallest absolute Gasteiger partial charge is 0.306 e. The molecule has 2 aromatic rings. The Morgan fingerprint density at radius 3 is 2.21 bits per heavy atom. The Kier molecular flexibility index (Phi) is 7.85. The van der Waals surface area contributed by atoms with Crippen molar-refractivity contribution in [3.05, 3.63) is 65.2 Å². The standard InChI is InChI=1S/C23H26N4O6/c24-21(26-32)16-5-7-19(8-6-16)33-14-15-1-3-17(4-2-15)22(29)25-13-20(28)27-11-9-18(10-12-27)23(30)31/h1-8,18,32H,9-14H2,(H2,24,26)(H,25,29)(H,30,31). The van der Waals surface area contributed by atoms with Crippen LogP contribution in [0.3, 0.4) is 0 Å². The number of carbonyl (C=O) groups excluding carboxylic acids is 2. The number of ether oxygens (including phenoxy) is 1. The molecule has 0 saturated carbocycles. The van der Waals surface area contributed by atoms with E-state index in [0.717, 1.165) is 5.56 Å². The Bertz CT molecular complexity index is 1010. The Hall–Kier alpha value is -4.08. The lowest BCUT2D eigenvalue weighted by Gasteiger charge is -2.30. The maximum Gasteiger partial charge on any atom is 0.306 e. The minimum Gasteiger partial charge on any atom is -0.489 e. The van der Waals surface area contributed by atoms with Gasteiger partial charge >= 0.3 is 5.97 Å². The maximum absolute atomic E-state index is 12.3. The maximum atomic E-state index is 12.3. The molecule has 1 saturated heterocycles. The third kappa shape index (κ3) is 6.45. The molecule has 2 amide bonds. The average molecular weight is 454 g/mol. The predicted octanol–water partition coefficient (Wildman–Crippen LogP) is 1.41. The van der Waals surface area contributed by atoms with Crippen LogP contribution >= 0.6 is 0 Å². The number of amides is 2. The number of nitrogens with zero attached hydrogens (tertiary/aromatic N) is 2. The number of carbonyl (C=O) groups is 3. The van der Waals surface area contributed by atoms with E-state index in [1.54, 1.807) is 53.4 Å². The minimum atomic E-state index is -0.833. The zero-order valence-electron chi connectivity index (χ0n) is 17.9. The van der Waals surface area contributed by atoms with Gasteiger partial charge < -0.3 is 31.0 Å². The number of carboxylic acids is 1. The summed E-state index contributed by atoms with van der Waals surface area (Å²) in [6.45, 7) is 0.912. The molecule has 0 spiro atoms. The average Bonchev–Trinajstić information content (AvgIpc) is 2.86. The molecule has 1 aliphatic rings. The van der Waals surface area contributed by atoms with Crippen molar-refractivity contribution in [2.24, 2.45) is 16.8 Å². The molecule has 0 aliphatic carbocycles. The molecule has 0 unspecified atom stereocenters. The van der Waals surface area contributed by atoms with E-state index < -0.39 is 11.9 Å². The number of hydrogen-bond donors (Lipinski definition) is 4. The first kappa shape index (κ1) is 23.6. The largest absolute Gasteiger partial charge is 0.489 e. The first-order valence-electron chi connectivity index (χ1n) is 10.5. The molecule has 0 radical (unpaired) electrons. The van der Waals surface area contributed by atoms with E-state index in [9.17, 15) is 14.4 Å². The summed E-state index contributed by atoms with van der Waals surface area (Å²) in [5, 5.41) is 23.3. The third-order valence-corrected chi connectivity index (χ3v) is 5.48. The normalized spacial score (nSPS) is 14.5. The van der Waals surface area contributed by atoms with Crippen LogP contribution in [0.2, 0.25) is 0 Å². The molecule has 1 heterocycles. The molecule has 0 aromatic heterocycles. The molecule has 10 heteroatoms. The predicted molar refractivity (Wildman–Crippen MR) is 119 cm³/mol. The molecule has 10 nitrogen and oxygen atoms in total. The van der Waals surface area contributed by atoms with Crippen molar-refractivity contribution in [2.75, 3.05) is 19.6 Å². The quantitative estimate of drug-likeness (QED) is 0.203. The second kappa shape index (κ2) is 11.0. The van der Waals surface area contributed by atoms with Gasteiger partial charge in [0.1, 0.15) is 12.4 Å². The molecule has 1 aliphatic heterocycles. The number of likely N-dealkylation sites (tertiary alicyclic amines) is 1. The zero-order valence-corrected chi connectivity index (χ0v) is 17.9. The Labute approximate surface area is 190 Å². The van der Waals surface area contributed by atoms with E-state index in [4.69, 9.17) is 20.8 Å². The second-order valence-corrected chi connectivity index (χ2v) is 7.67. The molecule has 174 valence electrons. The summed E-state index contributed by atoms with van der Waals surface area (Å²) >= 11 is 0. The van der Waals surface area contributed by atoms with Gasteiger partial charge in [0.15, 0.2) is 5.84 Å². The van der Waals surface area contributed by atoms with Crippen molar-refractivity contribution in [1.29, 1.82) is 0 Å². The summed E-state index contributed by atoms with van der Waals surface area (Å²) in [7, 11) is 0. The number of rotatable bonds is 8.